The van der Waals surface area contributed by atoms with Crippen LogP contribution >= 0.6 is 11.6 Å². The van der Waals surface area contributed by atoms with E-state index in [1.54, 1.807) is 0 Å². The van der Waals surface area contributed by atoms with Crippen molar-refractivity contribution < 1.29 is 23.8 Å². The molecule has 2 rings (SSSR count). The number of nitrogens with one attached hydrogen (secondary N) is 1. The fourth-order valence-electron chi connectivity index (χ4n) is 3.03. The van der Waals surface area contributed by atoms with Gasteiger partial charge in [-0.25, -0.2) is 9.59 Å². The lowest BCUT2D eigenvalue weighted by atomic mass is 9.84. The smallest absolute Gasteiger partial charge is 0.407 e. The zero-order valence-corrected chi connectivity index (χ0v) is 12.7. The Balaban J connectivity index is 1.87. The van der Waals surface area contributed by atoms with Crippen molar-refractivity contribution >= 4 is 23.7 Å². The quantitative estimate of drug-likeness (QED) is 0.617. The number of methoxy groups -OCH3 is 1. The van der Waals surface area contributed by atoms with Crippen molar-refractivity contribution in [1.82, 2.24) is 5.32 Å². The molecule has 3 unspecified atom stereocenters. The summed E-state index contributed by atoms with van der Waals surface area (Å²) in [5, 5.41) is 2.55. The fourth-order valence-corrected chi connectivity index (χ4v) is 3.13. The second-order valence-corrected chi connectivity index (χ2v) is 5.60. The van der Waals surface area contributed by atoms with Crippen LogP contribution in [0.25, 0.3) is 0 Å². The van der Waals surface area contributed by atoms with E-state index in [-0.39, 0.29) is 23.7 Å². The molecule has 0 aromatic heterocycles. The number of alkyl halides is 1. The van der Waals surface area contributed by atoms with Crippen molar-refractivity contribution in [3.8, 4) is 0 Å². The number of halogens is 1. The zero-order chi connectivity index (χ0) is 15.2. The average Bonchev–Trinajstić information content (AvgIpc) is 2.93. The molecule has 0 aromatic rings. The van der Waals surface area contributed by atoms with Crippen LogP contribution in [-0.4, -0.2) is 44.8 Å². The van der Waals surface area contributed by atoms with Crippen molar-refractivity contribution in [3.05, 3.63) is 11.8 Å². The van der Waals surface area contributed by atoms with Crippen molar-refractivity contribution in [3.63, 3.8) is 0 Å². The van der Waals surface area contributed by atoms with Gasteiger partial charge in [-0.1, -0.05) is 0 Å². The normalized spacial score (nSPS) is 27.1. The lowest BCUT2D eigenvalue weighted by Gasteiger charge is -2.28. The molecule has 3 atom stereocenters. The van der Waals surface area contributed by atoms with E-state index in [9.17, 15) is 9.59 Å². The first kappa shape index (κ1) is 15.9. The van der Waals surface area contributed by atoms with Gasteiger partial charge >= 0.3 is 12.1 Å². The molecule has 0 aromatic carbocycles. The Bertz CT molecular complexity index is 426. The molecule has 0 saturated heterocycles. The average molecular weight is 318 g/mol. The van der Waals surface area contributed by atoms with Crippen LogP contribution < -0.4 is 5.32 Å². The van der Waals surface area contributed by atoms with Gasteiger partial charge in [0.05, 0.1) is 32.2 Å². The van der Waals surface area contributed by atoms with E-state index in [2.05, 4.69) is 5.32 Å². The number of carbonyl (C=O) groups is 2. The maximum Gasteiger partial charge on any atom is 0.407 e. The van der Waals surface area contributed by atoms with E-state index in [0.29, 0.717) is 31.2 Å². The Morgan fingerprint density at radius 3 is 3.00 bits per heavy atom. The van der Waals surface area contributed by atoms with Crippen LogP contribution in [0.15, 0.2) is 11.8 Å². The lowest BCUT2D eigenvalue weighted by molar-refractivity contribution is -0.137. The van der Waals surface area contributed by atoms with E-state index >= 15 is 0 Å². The van der Waals surface area contributed by atoms with Crippen LogP contribution in [0, 0.1) is 17.8 Å². The molecule has 21 heavy (non-hydrogen) atoms. The van der Waals surface area contributed by atoms with E-state index < -0.39 is 6.09 Å². The van der Waals surface area contributed by atoms with Gasteiger partial charge in [-0.2, -0.15) is 0 Å². The van der Waals surface area contributed by atoms with E-state index in [4.69, 9.17) is 25.8 Å². The number of carbonyl (C=O) groups excluding carboxylic acids is 2. The molecule has 1 aliphatic heterocycles. The first-order valence-electron chi connectivity index (χ1n) is 7.04. The largest absolute Gasteiger partial charge is 0.500 e. The number of alkyl carbamates (subject to hydrolysis) is 1. The molecule has 6 nitrogen and oxygen atoms in total. The van der Waals surface area contributed by atoms with Crippen molar-refractivity contribution in [2.24, 2.45) is 17.8 Å². The van der Waals surface area contributed by atoms with Gasteiger partial charge in [0.2, 0.25) is 0 Å². The fraction of sp³-hybridized carbons (Fsp3) is 0.714. The summed E-state index contributed by atoms with van der Waals surface area (Å²) in [5.74, 6) is 0.525. The van der Waals surface area contributed by atoms with Crippen LogP contribution in [0.5, 0.6) is 0 Å². The highest BCUT2D eigenvalue weighted by atomic mass is 35.5. The Hall–Kier alpha value is -1.43. The van der Waals surface area contributed by atoms with Gasteiger partial charge in [-0.3, -0.25) is 0 Å². The maximum atomic E-state index is 11.7. The summed E-state index contributed by atoms with van der Waals surface area (Å²) in [6.45, 7) is 1.25. The molecule has 1 amide bonds. The third-order valence-corrected chi connectivity index (χ3v) is 4.27. The summed E-state index contributed by atoms with van der Waals surface area (Å²) in [5.41, 5.74) is 0.586. The monoisotopic (exact) mass is 317 g/mol. The van der Waals surface area contributed by atoms with E-state index in [1.807, 2.05) is 0 Å². The first-order valence-corrected chi connectivity index (χ1v) is 7.57. The topological polar surface area (TPSA) is 73.9 Å². The van der Waals surface area contributed by atoms with Gasteiger partial charge in [-0.05, 0) is 18.8 Å². The number of amides is 1. The van der Waals surface area contributed by atoms with Gasteiger partial charge in [0.25, 0.3) is 0 Å². The Morgan fingerprint density at radius 1 is 1.48 bits per heavy atom. The third-order valence-electron chi connectivity index (χ3n) is 4.08. The minimum atomic E-state index is -0.459. The molecule has 2 aliphatic rings. The minimum Gasteiger partial charge on any atom is -0.500 e. The molecular weight excluding hydrogens is 298 g/mol. The van der Waals surface area contributed by atoms with Crippen LogP contribution in [0.3, 0.4) is 0 Å². The van der Waals surface area contributed by atoms with Crippen LogP contribution in [0.4, 0.5) is 4.79 Å². The van der Waals surface area contributed by atoms with Crippen molar-refractivity contribution in [2.45, 2.75) is 12.8 Å². The summed E-state index contributed by atoms with van der Waals surface area (Å²) in [6, 6.07) is 0. The molecule has 1 heterocycles. The number of rotatable bonds is 5. The first-order chi connectivity index (χ1) is 10.2. The van der Waals surface area contributed by atoms with E-state index in [1.165, 1.54) is 13.4 Å². The summed E-state index contributed by atoms with van der Waals surface area (Å²) in [7, 11) is 1.36. The molecule has 1 saturated carbocycles. The van der Waals surface area contributed by atoms with E-state index in [0.717, 1.165) is 12.8 Å². The Kier molecular flexibility index (Phi) is 5.73. The molecule has 0 bridgehead atoms. The third kappa shape index (κ3) is 3.81. The molecule has 7 heteroatoms. The molecule has 1 N–H and O–H groups in total. The number of hydrogen-bond acceptors (Lipinski definition) is 5. The van der Waals surface area contributed by atoms with Gasteiger partial charge < -0.3 is 19.5 Å². The number of fused-ring (bicyclic) bond motifs is 1. The highest BCUT2D eigenvalue weighted by Gasteiger charge is 2.43. The van der Waals surface area contributed by atoms with Crippen LogP contribution in [0.2, 0.25) is 0 Å². The SMILES string of the molecule is COC(=O)C1=COCC2C(COC(=O)NCCCl)CCC12. The second-order valence-electron chi connectivity index (χ2n) is 5.22. The summed E-state index contributed by atoms with van der Waals surface area (Å²) in [6.07, 6.45) is 2.82. The second kappa shape index (κ2) is 7.54. The summed E-state index contributed by atoms with van der Waals surface area (Å²) in [4.78, 5) is 23.2. The van der Waals surface area contributed by atoms with Crippen LogP contribution in [0.1, 0.15) is 12.8 Å². The number of esters is 1. The number of ether oxygens (including phenoxy) is 3. The predicted molar refractivity (Wildman–Crippen MR) is 75.8 cm³/mol. The highest BCUT2D eigenvalue weighted by Crippen LogP contribution is 2.44. The van der Waals surface area contributed by atoms with Gasteiger partial charge in [0.15, 0.2) is 0 Å². The molecule has 0 radical (unpaired) electrons. The highest BCUT2D eigenvalue weighted by molar-refractivity contribution is 6.18. The van der Waals surface area contributed by atoms with Gasteiger partial charge in [-0.15, -0.1) is 11.6 Å². The predicted octanol–water partition coefficient (Wildman–Crippen LogP) is 1.68. The van der Waals surface area contributed by atoms with Crippen molar-refractivity contribution in [2.75, 3.05) is 32.7 Å². The standard InChI is InChI=1S/C14H20ClNO5/c1-19-13(17)12-8-20-7-11-9(2-3-10(11)12)6-21-14(18)16-5-4-15/h8-11H,2-7H2,1H3,(H,16,18). The van der Waals surface area contributed by atoms with Gasteiger partial charge in [0.1, 0.15) is 0 Å². The minimum absolute atomic E-state index is 0.130. The lowest BCUT2D eigenvalue weighted by Crippen LogP contribution is -2.32. The molecule has 1 fully saturated rings. The molecule has 1 aliphatic carbocycles. The van der Waals surface area contributed by atoms with Crippen molar-refractivity contribution in [1.29, 1.82) is 0 Å². The summed E-state index contributed by atoms with van der Waals surface area (Å²) < 4.78 is 15.4. The maximum absolute atomic E-state index is 11.7. The molecule has 0 spiro atoms. The van der Waals surface area contributed by atoms with Gasteiger partial charge in [0, 0.05) is 24.3 Å². The molecular formula is C14H20ClNO5. The Labute approximate surface area is 128 Å². The van der Waals surface area contributed by atoms with Crippen LogP contribution in [-0.2, 0) is 19.0 Å². The Morgan fingerprint density at radius 2 is 2.29 bits per heavy atom. The summed E-state index contributed by atoms with van der Waals surface area (Å²) >= 11 is 5.49. The zero-order valence-electron chi connectivity index (χ0n) is 12.0. The number of hydrogen-bond donors (Lipinski definition) is 1. The molecule has 118 valence electrons.